The highest BCUT2D eigenvalue weighted by Crippen LogP contribution is 2.26. The molecule has 6 heteroatoms. The quantitative estimate of drug-likeness (QED) is 0.727. The van der Waals surface area contributed by atoms with E-state index in [4.69, 9.17) is 27.9 Å². The summed E-state index contributed by atoms with van der Waals surface area (Å²) in [6.07, 6.45) is 0. The van der Waals surface area contributed by atoms with Crippen LogP contribution in [0.25, 0.3) is 0 Å². The van der Waals surface area contributed by atoms with E-state index in [2.05, 4.69) is 4.98 Å². The minimum atomic E-state index is -0.351. The van der Waals surface area contributed by atoms with Gasteiger partial charge in [-0.2, -0.15) is 0 Å². The number of carbonyl (C=O) groups excluding carboxylic acids is 1. The van der Waals surface area contributed by atoms with Gasteiger partial charge in [0.25, 0.3) is 0 Å². The molecule has 0 spiro atoms. The molecule has 1 rings (SSSR count). The van der Waals surface area contributed by atoms with E-state index in [1.165, 1.54) is 18.3 Å². The second-order valence-electron chi connectivity index (χ2n) is 1.96. The van der Waals surface area contributed by atoms with Gasteiger partial charge in [0.05, 0.1) is 4.88 Å². The van der Waals surface area contributed by atoms with Gasteiger partial charge in [-0.05, 0) is 0 Å². The molecule has 0 unspecified atom stereocenters. The van der Waals surface area contributed by atoms with Gasteiger partial charge in [0.2, 0.25) is 0 Å². The summed E-state index contributed by atoms with van der Waals surface area (Å²) in [5, 5.41) is 0.297. The Hall–Kier alpha value is -0.320. The van der Waals surface area contributed by atoms with Gasteiger partial charge >= 0.3 is 5.97 Å². The number of rotatable bonds is 2. The molecule has 1 heterocycles. The third-order valence-corrected chi connectivity index (χ3v) is 2.59. The zero-order valence-corrected chi connectivity index (χ0v) is 8.46. The maximum absolute atomic E-state index is 10.4. The largest absolute Gasteiger partial charge is 0.460 e. The Bertz CT molecular complexity index is 300. The van der Waals surface area contributed by atoms with Crippen LogP contribution in [0.5, 0.6) is 0 Å². The summed E-state index contributed by atoms with van der Waals surface area (Å²) in [7, 11) is 0. The normalized spacial score (nSPS) is 9.92. The van der Waals surface area contributed by atoms with Crippen LogP contribution in [-0.4, -0.2) is 11.0 Å². The molecular weight excluding hydrogens is 221 g/mol. The molecule has 1 aromatic heterocycles. The first-order chi connectivity index (χ1) is 5.59. The van der Waals surface area contributed by atoms with E-state index < -0.39 is 0 Å². The highest BCUT2D eigenvalue weighted by atomic mass is 35.5. The molecule has 0 aliphatic carbocycles. The predicted octanol–water partition coefficient (Wildman–Crippen LogP) is 2.51. The fraction of sp³-hybridized carbons (Fsp3) is 0.333. The minimum Gasteiger partial charge on any atom is -0.460 e. The van der Waals surface area contributed by atoms with E-state index in [1.54, 1.807) is 0 Å². The van der Waals surface area contributed by atoms with Gasteiger partial charge in [-0.3, -0.25) is 4.79 Å². The SMILES string of the molecule is CC(=O)OCc1sc(Cl)nc1Cl. The molecule has 0 aliphatic rings. The molecule has 0 atom stereocenters. The number of thiazole rings is 1. The van der Waals surface area contributed by atoms with Crippen LogP contribution in [0.3, 0.4) is 0 Å². The number of nitrogens with zero attached hydrogens (tertiary/aromatic N) is 1. The fourth-order valence-corrected chi connectivity index (χ4v) is 1.86. The van der Waals surface area contributed by atoms with Crippen molar-refractivity contribution in [1.82, 2.24) is 4.98 Å². The summed E-state index contributed by atoms with van der Waals surface area (Å²) in [4.78, 5) is 14.8. The highest BCUT2D eigenvalue weighted by Gasteiger charge is 2.08. The molecule has 0 aliphatic heterocycles. The molecule has 0 N–H and O–H groups in total. The van der Waals surface area contributed by atoms with Crippen molar-refractivity contribution in [2.24, 2.45) is 0 Å². The van der Waals surface area contributed by atoms with Crippen LogP contribution >= 0.6 is 34.5 Å². The van der Waals surface area contributed by atoms with Gasteiger partial charge in [0.15, 0.2) is 4.47 Å². The number of carbonyl (C=O) groups is 1. The van der Waals surface area contributed by atoms with Gasteiger partial charge in [0.1, 0.15) is 11.8 Å². The Morgan fingerprint density at radius 2 is 2.33 bits per heavy atom. The number of aromatic nitrogens is 1. The zero-order chi connectivity index (χ0) is 9.14. The van der Waals surface area contributed by atoms with Crippen molar-refractivity contribution < 1.29 is 9.53 Å². The summed E-state index contributed by atoms with van der Waals surface area (Å²) < 4.78 is 5.06. The highest BCUT2D eigenvalue weighted by molar-refractivity contribution is 7.16. The van der Waals surface area contributed by atoms with Crippen molar-refractivity contribution in [3.8, 4) is 0 Å². The van der Waals surface area contributed by atoms with E-state index in [1.807, 2.05) is 0 Å². The van der Waals surface area contributed by atoms with E-state index in [-0.39, 0.29) is 12.6 Å². The third kappa shape index (κ3) is 2.62. The van der Waals surface area contributed by atoms with Crippen molar-refractivity contribution in [2.75, 3.05) is 0 Å². The molecule has 0 saturated carbocycles. The molecule has 0 amide bonds. The van der Waals surface area contributed by atoms with Gasteiger partial charge in [-0.25, -0.2) is 4.98 Å². The number of hydrogen-bond acceptors (Lipinski definition) is 4. The van der Waals surface area contributed by atoms with Gasteiger partial charge in [0, 0.05) is 6.92 Å². The van der Waals surface area contributed by atoms with Crippen LogP contribution in [0.15, 0.2) is 0 Å². The van der Waals surface area contributed by atoms with Crippen molar-refractivity contribution in [1.29, 1.82) is 0 Å². The summed E-state index contributed by atoms with van der Waals surface area (Å²) in [5.41, 5.74) is 0. The second kappa shape index (κ2) is 4.07. The minimum absolute atomic E-state index is 0.137. The maximum atomic E-state index is 10.4. The van der Waals surface area contributed by atoms with Crippen LogP contribution in [0, 0.1) is 0 Å². The smallest absolute Gasteiger partial charge is 0.302 e. The lowest BCUT2D eigenvalue weighted by molar-refractivity contribution is -0.142. The predicted molar refractivity (Wildman–Crippen MR) is 47.6 cm³/mol. The molecule has 3 nitrogen and oxygen atoms in total. The number of ether oxygens (including phenoxy) is 1. The van der Waals surface area contributed by atoms with Crippen LogP contribution in [-0.2, 0) is 16.1 Å². The Labute approximate surface area is 83.3 Å². The molecule has 0 radical (unpaired) electrons. The Balaban J connectivity index is 2.62. The molecule has 0 saturated heterocycles. The van der Waals surface area contributed by atoms with Gasteiger partial charge in [-0.1, -0.05) is 23.2 Å². The lowest BCUT2D eigenvalue weighted by Gasteiger charge is -1.96. The molecule has 12 heavy (non-hydrogen) atoms. The molecule has 0 fully saturated rings. The first-order valence-electron chi connectivity index (χ1n) is 3.03. The standard InChI is InChI=1S/C6H5Cl2NO2S/c1-3(10)11-2-4-5(7)9-6(8)12-4/h2H2,1H3. The van der Waals surface area contributed by atoms with Gasteiger partial charge < -0.3 is 4.74 Å². The third-order valence-electron chi connectivity index (χ3n) is 1.03. The van der Waals surface area contributed by atoms with E-state index in [9.17, 15) is 4.79 Å². The molecule has 0 bridgehead atoms. The topological polar surface area (TPSA) is 39.2 Å². The van der Waals surface area contributed by atoms with Crippen molar-refractivity contribution in [3.05, 3.63) is 14.5 Å². The summed E-state index contributed by atoms with van der Waals surface area (Å²) >= 11 is 12.4. The summed E-state index contributed by atoms with van der Waals surface area (Å²) in [6.45, 7) is 1.47. The Kier molecular flexibility index (Phi) is 3.31. The van der Waals surface area contributed by atoms with Crippen molar-refractivity contribution in [3.63, 3.8) is 0 Å². The fourth-order valence-electron chi connectivity index (χ4n) is 0.562. The Morgan fingerprint density at radius 1 is 1.67 bits per heavy atom. The molecule has 1 aromatic rings. The first kappa shape index (κ1) is 9.77. The average molecular weight is 226 g/mol. The van der Waals surface area contributed by atoms with E-state index in [0.29, 0.717) is 14.5 Å². The molecular formula is C6H5Cl2NO2S. The zero-order valence-electron chi connectivity index (χ0n) is 6.13. The average Bonchev–Trinajstić information content (AvgIpc) is 2.26. The van der Waals surface area contributed by atoms with Crippen LogP contribution < -0.4 is 0 Å². The maximum Gasteiger partial charge on any atom is 0.302 e. The number of esters is 1. The van der Waals surface area contributed by atoms with Crippen LogP contribution in [0.4, 0.5) is 0 Å². The lowest BCUT2D eigenvalue weighted by Crippen LogP contribution is -1.97. The van der Waals surface area contributed by atoms with Gasteiger partial charge in [-0.15, -0.1) is 11.3 Å². The van der Waals surface area contributed by atoms with E-state index in [0.717, 1.165) is 0 Å². The van der Waals surface area contributed by atoms with Crippen molar-refractivity contribution >= 4 is 40.5 Å². The first-order valence-corrected chi connectivity index (χ1v) is 4.61. The number of halogens is 2. The summed E-state index contributed by atoms with van der Waals surface area (Å²) in [5.74, 6) is -0.351. The van der Waals surface area contributed by atoms with Crippen LogP contribution in [0.2, 0.25) is 9.62 Å². The molecule has 66 valence electrons. The van der Waals surface area contributed by atoms with Crippen molar-refractivity contribution in [2.45, 2.75) is 13.5 Å². The van der Waals surface area contributed by atoms with Crippen LogP contribution in [0.1, 0.15) is 11.8 Å². The molecule has 0 aromatic carbocycles. The second-order valence-corrected chi connectivity index (χ2v) is 3.98. The Morgan fingerprint density at radius 3 is 2.75 bits per heavy atom. The number of hydrogen-bond donors (Lipinski definition) is 0. The van der Waals surface area contributed by atoms with E-state index >= 15 is 0 Å². The lowest BCUT2D eigenvalue weighted by atomic mass is 10.6. The monoisotopic (exact) mass is 225 g/mol. The summed E-state index contributed by atoms with van der Waals surface area (Å²) in [6, 6.07) is 0.